The molecule has 0 aliphatic heterocycles. The molecule has 0 radical (unpaired) electrons. The van der Waals surface area contributed by atoms with E-state index < -0.39 is 33.5 Å². The zero-order chi connectivity index (χ0) is 26.6. The molecule has 2 heterocycles. The summed E-state index contributed by atoms with van der Waals surface area (Å²) in [5.41, 5.74) is 1.57. The van der Waals surface area contributed by atoms with Crippen LogP contribution in [0.4, 0.5) is 13.2 Å². The van der Waals surface area contributed by atoms with Crippen LogP contribution in [0.3, 0.4) is 0 Å². The molecule has 1 spiro atoms. The maximum atomic E-state index is 12.6. The summed E-state index contributed by atoms with van der Waals surface area (Å²) >= 11 is 6.01. The molecule has 1 unspecified atom stereocenters. The van der Waals surface area contributed by atoms with Gasteiger partial charge in [-0.15, -0.1) is 0 Å². The Labute approximate surface area is 215 Å². The number of benzene rings is 1. The summed E-state index contributed by atoms with van der Waals surface area (Å²) < 4.78 is 64.3. The lowest BCUT2D eigenvalue weighted by molar-refractivity contribution is -0.169. The van der Waals surface area contributed by atoms with Crippen molar-refractivity contribution in [3.05, 3.63) is 52.8 Å². The lowest BCUT2D eigenvalue weighted by Gasteiger charge is -2.57. The van der Waals surface area contributed by atoms with Crippen molar-refractivity contribution >= 4 is 44.2 Å². The van der Waals surface area contributed by atoms with Crippen LogP contribution >= 0.6 is 11.6 Å². The number of alkyl halides is 3. The van der Waals surface area contributed by atoms with Crippen molar-refractivity contribution in [3.8, 4) is 0 Å². The molecular formula is C24H23ClF3N3O5S. The molecule has 1 atom stereocenters. The molecule has 13 heteroatoms. The van der Waals surface area contributed by atoms with Gasteiger partial charge in [0.25, 0.3) is 5.91 Å². The zero-order valence-electron chi connectivity index (χ0n) is 19.6. The zero-order valence-corrected chi connectivity index (χ0v) is 21.2. The number of nitrogens with zero attached hydrogens (tertiary/aromatic N) is 2. The van der Waals surface area contributed by atoms with Crippen LogP contribution in [-0.2, 0) is 20.3 Å². The Hall–Kier alpha value is -2.86. The molecule has 1 aromatic carbocycles. The predicted octanol–water partition coefficient (Wildman–Crippen LogP) is 5.61. The topological polar surface area (TPSA) is 115 Å². The van der Waals surface area contributed by atoms with Crippen molar-refractivity contribution in [3.63, 3.8) is 0 Å². The average molecular weight is 558 g/mol. The Kier molecular flexibility index (Phi) is 6.38. The maximum absolute atomic E-state index is 12.6. The number of rotatable bonds is 6. The minimum Gasteiger partial charge on any atom is -0.455 e. The van der Waals surface area contributed by atoms with Crippen molar-refractivity contribution in [1.29, 1.82) is 0 Å². The summed E-state index contributed by atoms with van der Waals surface area (Å²) in [4.78, 5) is 28.3. The second-order valence-corrected chi connectivity index (χ2v) is 12.7. The van der Waals surface area contributed by atoms with E-state index in [1.807, 2.05) is 0 Å². The fourth-order valence-electron chi connectivity index (χ4n) is 5.13. The van der Waals surface area contributed by atoms with Crippen molar-refractivity contribution < 1.29 is 35.8 Å². The molecule has 1 N–H and O–H groups in total. The van der Waals surface area contributed by atoms with Gasteiger partial charge < -0.3 is 14.2 Å². The van der Waals surface area contributed by atoms with Crippen LogP contribution in [0.25, 0.3) is 11.1 Å². The van der Waals surface area contributed by atoms with Crippen LogP contribution in [-0.4, -0.2) is 39.0 Å². The van der Waals surface area contributed by atoms with Crippen LogP contribution in [0.1, 0.15) is 60.7 Å². The maximum Gasteiger partial charge on any atom is 0.474 e. The van der Waals surface area contributed by atoms with Gasteiger partial charge in [-0.1, -0.05) is 18.5 Å². The molecule has 2 fully saturated rings. The number of amides is 2. The number of fused-ring (bicyclic) bond motifs is 1. The number of furan rings is 1. The van der Waals surface area contributed by atoms with Crippen LogP contribution in [0.5, 0.6) is 0 Å². The number of hydrogen-bond acceptors (Lipinski definition) is 6. The standard InChI is InChI=1S/C24H23ClF3N3O5S/c1-2-37(34,31-22(33)24(26,27)28)12-16-4-6-19(35-16)20(32)29-15-10-23(11-15)8-13(9-23)21-30-17-7-14(25)3-5-18(17)36-21/h3-7,13,15H,2,8-12H2,1H3,(H,29,32). The number of nitrogens with one attached hydrogen (secondary N) is 1. The lowest BCUT2D eigenvalue weighted by Crippen LogP contribution is -2.55. The summed E-state index contributed by atoms with van der Waals surface area (Å²) in [5.74, 6) is -2.77. The number of hydrogen-bond donors (Lipinski definition) is 1. The van der Waals surface area contributed by atoms with Crippen molar-refractivity contribution in [2.45, 2.75) is 56.5 Å². The highest BCUT2D eigenvalue weighted by atomic mass is 35.5. The summed E-state index contributed by atoms with van der Waals surface area (Å²) in [6.45, 7) is 1.36. The fraction of sp³-hybridized carbons (Fsp3) is 0.458. The molecule has 2 saturated carbocycles. The molecule has 2 aliphatic carbocycles. The van der Waals surface area contributed by atoms with Crippen LogP contribution in [0.15, 0.2) is 43.5 Å². The first-order valence-corrected chi connectivity index (χ1v) is 13.9. The number of oxazole rings is 1. The summed E-state index contributed by atoms with van der Waals surface area (Å²) in [6.07, 6.45) is -1.77. The highest BCUT2D eigenvalue weighted by Crippen LogP contribution is 2.61. The normalized spacial score (nSPS) is 24.8. The molecule has 0 bridgehead atoms. The average Bonchev–Trinajstić information content (AvgIpc) is 3.40. The Balaban J connectivity index is 1.14. The molecule has 3 aromatic rings. The number of carbonyl (C=O) groups excluding carboxylic acids is 2. The Morgan fingerprint density at radius 2 is 1.92 bits per heavy atom. The fourth-order valence-corrected chi connectivity index (χ4v) is 6.70. The number of halogens is 4. The smallest absolute Gasteiger partial charge is 0.455 e. The number of aromatic nitrogens is 1. The molecule has 0 saturated heterocycles. The van der Waals surface area contributed by atoms with Gasteiger partial charge in [0.15, 0.2) is 17.2 Å². The first kappa shape index (κ1) is 25.8. The highest BCUT2D eigenvalue weighted by Gasteiger charge is 2.54. The van der Waals surface area contributed by atoms with E-state index >= 15 is 0 Å². The van der Waals surface area contributed by atoms with Crippen LogP contribution in [0, 0.1) is 5.41 Å². The second kappa shape index (κ2) is 9.16. The Morgan fingerprint density at radius 3 is 2.59 bits per heavy atom. The summed E-state index contributed by atoms with van der Waals surface area (Å²) in [6, 6.07) is 8.00. The molecule has 37 heavy (non-hydrogen) atoms. The Morgan fingerprint density at radius 1 is 1.19 bits per heavy atom. The molecule has 5 rings (SSSR count). The van der Waals surface area contributed by atoms with E-state index in [2.05, 4.69) is 14.7 Å². The van der Waals surface area contributed by atoms with E-state index in [-0.39, 0.29) is 34.6 Å². The largest absolute Gasteiger partial charge is 0.474 e. The predicted molar refractivity (Wildman–Crippen MR) is 129 cm³/mol. The van der Waals surface area contributed by atoms with Gasteiger partial charge >= 0.3 is 12.1 Å². The molecule has 2 aromatic heterocycles. The van der Waals surface area contributed by atoms with Crippen molar-refractivity contribution in [2.24, 2.45) is 9.78 Å². The first-order valence-electron chi connectivity index (χ1n) is 11.7. The lowest BCUT2D eigenvalue weighted by atomic mass is 9.50. The van der Waals surface area contributed by atoms with E-state index in [0.29, 0.717) is 16.5 Å². The number of carbonyl (C=O) groups is 2. The first-order chi connectivity index (χ1) is 17.4. The van der Waals surface area contributed by atoms with Gasteiger partial charge in [0, 0.05) is 22.7 Å². The van der Waals surface area contributed by atoms with Crippen LogP contribution in [0.2, 0.25) is 5.02 Å². The molecule has 8 nitrogen and oxygen atoms in total. The molecular weight excluding hydrogens is 535 g/mol. The minimum atomic E-state index is -5.20. The minimum absolute atomic E-state index is 0.0160. The van der Waals surface area contributed by atoms with E-state index in [1.54, 1.807) is 18.2 Å². The van der Waals surface area contributed by atoms with Gasteiger partial charge in [-0.05, 0) is 61.4 Å². The van der Waals surface area contributed by atoms with Gasteiger partial charge in [-0.25, -0.2) is 9.19 Å². The second-order valence-electron chi connectivity index (χ2n) is 9.71. The van der Waals surface area contributed by atoms with Gasteiger partial charge in [0.2, 0.25) is 0 Å². The molecule has 2 amide bonds. The third-order valence-corrected chi connectivity index (χ3v) is 9.34. The van der Waals surface area contributed by atoms with Gasteiger partial charge in [0.05, 0.1) is 15.5 Å². The molecule has 198 valence electrons. The SMILES string of the molecule is CCS(=O)(Cc1ccc(C(=O)NC2CC3(C2)CC(c2nc4cc(Cl)ccc4o2)C3)o1)=NC(=O)C(F)(F)F. The quantitative estimate of drug-likeness (QED) is 0.421. The molecule has 2 aliphatic rings. The van der Waals surface area contributed by atoms with Crippen molar-refractivity contribution in [1.82, 2.24) is 10.3 Å². The summed E-state index contributed by atoms with van der Waals surface area (Å²) in [5, 5.41) is 3.50. The van der Waals surface area contributed by atoms with Gasteiger partial charge in [0.1, 0.15) is 11.3 Å². The third kappa shape index (κ3) is 5.26. The van der Waals surface area contributed by atoms with Crippen molar-refractivity contribution in [2.75, 3.05) is 5.75 Å². The Bertz CT molecular complexity index is 1490. The van der Waals surface area contributed by atoms with E-state index in [9.17, 15) is 27.0 Å². The van der Waals surface area contributed by atoms with E-state index in [1.165, 1.54) is 19.1 Å². The monoisotopic (exact) mass is 557 g/mol. The van der Waals surface area contributed by atoms with Gasteiger partial charge in [-0.2, -0.15) is 17.5 Å². The van der Waals surface area contributed by atoms with E-state index in [0.717, 1.165) is 31.2 Å². The summed E-state index contributed by atoms with van der Waals surface area (Å²) in [7, 11) is -3.53. The third-order valence-electron chi connectivity index (χ3n) is 6.96. The van der Waals surface area contributed by atoms with E-state index in [4.69, 9.17) is 20.4 Å². The van der Waals surface area contributed by atoms with Crippen LogP contribution < -0.4 is 5.32 Å². The van der Waals surface area contributed by atoms with Gasteiger partial charge in [-0.3, -0.25) is 9.59 Å². The highest BCUT2D eigenvalue weighted by molar-refractivity contribution is 7.93.